The molecule has 25 heavy (non-hydrogen) atoms. The van der Waals surface area contributed by atoms with Crippen molar-refractivity contribution in [2.24, 2.45) is 0 Å². The minimum atomic E-state index is -0.213. The molecule has 0 saturated heterocycles. The van der Waals surface area contributed by atoms with Crippen LogP contribution in [-0.2, 0) is 6.54 Å². The molecule has 0 fully saturated rings. The maximum absolute atomic E-state index is 12.1. The van der Waals surface area contributed by atoms with Gasteiger partial charge in [-0.25, -0.2) is 4.79 Å². The number of nitrogens with zero attached hydrogens (tertiary/aromatic N) is 1. The molecule has 1 atom stereocenters. The number of methoxy groups -OCH3 is 1. The molecule has 0 radical (unpaired) electrons. The van der Waals surface area contributed by atoms with Gasteiger partial charge in [-0.15, -0.1) is 0 Å². The minimum absolute atomic E-state index is 0.000404. The molecular weight excluding hydrogens is 338 g/mol. The number of urea groups is 1. The number of carbonyl (C=O) groups excluding carboxylic acids is 1. The second-order valence-electron chi connectivity index (χ2n) is 5.91. The van der Waals surface area contributed by atoms with Gasteiger partial charge >= 0.3 is 6.03 Å². The van der Waals surface area contributed by atoms with E-state index in [0.29, 0.717) is 18.1 Å². The molecule has 0 aliphatic heterocycles. The fourth-order valence-electron chi connectivity index (χ4n) is 2.49. The van der Waals surface area contributed by atoms with Crippen LogP contribution in [0.2, 0.25) is 5.02 Å². The van der Waals surface area contributed by atoms with E-state index in [-0.39, 0.29) is 12.1 Å². The number of carbonyl (C=O) groups is 1. The molecule has 5 nitrogen and oxygen atoms in total. The van der Waals surface area contributed by atoms with Crippen molar-refractivity contribution in [2.75, 3.05) is 27.7 Å². The maximum Gasteiger partial charge on any atom is 0.315 e. The number of hydrogen-bond donors (Lipinski definition) is 2. The first kappa shape index (κ1) is 19.1. The lowest BCUT2D eigenvalue weighted by atomic mass is 10.1. The van der Waals surface area contributed by atoms with Crippen LogP contribution in [0.3, 0.4) is 0 Å². The summed E-state index contributed by atoms with van der Waals surface area (Å²) in [6, 6.07) is 15.0. The molecule has 0 aromatic heterocycles. The first-order valence-electron chi connectivity index (χ1n) is 8.06. The van der Waals surface area contributed by atoms with Crippen molar-refractivity contribution < 1.29 is 9.53 Å². The average molecular weight is 362 g/mol. The van der Waals surface area contributed by atoms with Crippen LogP contribution >= 0.6 is 11.6 Å². The van der Waals surface area contributed by atoms with Gasteiger partial charge in [0.1, 0.15) is 5.75 Å². The number of hydrogen-bond acceptors (Lipinski definition) is 3. The lowest BCUT2D eigenvalue weighted by Crippen LogP contribution is -2.40. The van der Waals surface area contributed by atoms with Gasteiger partial charge in [0.05, 0.1) is 13.2 Å². The van der Waals surface area contributed by atoms with Crippen LogP contribution < -0.4 is 15.4 Å². The van der Waals surface area contributed by atoms with E-state index in [0.717, 1.165) is 16.9 Å². The molecule has 0 aliphatic rings. The molecule has 2 rings (SSSR count). The van der Waals surface area contributed by atoms with E-state index >= 15 is 0 Å². The number of amides is 2. The fraction of sp³-hybridized carbons (Fsp3) is 0.316. The number of likely N-dealkylation sites (N-methyl/N-ethyl adjacent to an activating group) is 1. The summed E-state index contributed by atoms with van der Waals surface area (Å²) in [5.41, 5.74) is 2.00. The minimum Gasteiger partial charge on any atom is -0.497 e. The summed E-state index contributed by atoms with van der Waals surface area (Å²) < 4.78 is 5.12. The lowest BCUT2D eigenvalue weighted by molar-refractivity contribution is 0.232. The van der Waals surface area contributed by atoms with E-state index in [1.807, 2.05) is 67.5 Å². The number of halogens is 1. The SMILES string of the molecule is COc1ccc(CNC(=O)NC[C@@H](c2ccccc2Cl)N(C)C)cc1. The maximum atomic E-state index is 12.1. The summed E-state index contributed by atoms with van der Waals surface area (Å²) in [6.07, 6.45) is 0. The number of nitrogens with one attached hydrogen (secondary N) is 2. The van der Waals surface area contributed by atoms with Crippen LogP contribution in [0.4, 0.5) is 4.79 Å². The van der Waals surface area contributed by atoms with E-state index < -0.39 is 0 Å². The van der Waals surface area contributed by atoms with Crippen molar-refractivity contribution in [1.29, 1.82) is 0 Å². The Morgan fingerprint density at radius 3 is 2.40 bits per heavy atom. The van der Waals surface area contributed by atoms with Gasteiger partial charge in [-0.1, -0.05) is 41.9 Å². The first-order chi connectivity index (χ1) is 12.0. The summed E-state index contributed by atoms with van der Waals surface area (Å²) in [5, 5.41) is 6.46. The molecule has 134 valence electrons. The van der Waals surface area contributed by atoms with Crippen molar-refractivity contribution >= 4 is 17.6 Å². The smallest absolute Gasteiger partial charge is 0.315 e. The van der Waals surface area contributed by atoms with Gasteiger partial charge in [0.25, 0.3) is 0 Å². The normalized spacial score (nSPS) is 11.9. The van der Waals surface area contributed by atoms with Crippen LogP contribution in [0.1, 0.15) is 17.2 Å². The van der Waals surface area contributed by atoms with Gasteiger partial charge in [0, 0.05) is 18.1 Å². The molecule has 0 spiro atoms. The van der Waals surface area contributed by atoms with Crippen molar-refractivity contribution in [3.8, 4) is 5.75 Å². The van der Waals surface area contributed by atoms with Gasteiger partial charge in [-0.3, -0.25) is 0 Å². The summed E-state index contributed by atoms with van der Waals surface area (Å²) in [5.74, 6) is 0.793. The van der Waals surface area contributed by atoms with Gasteiger partial charge in [-0.05, 0) is 43.4 Å². The third-order valence-corrected chi connectivity index (χ3v) is 4.30. The summed E-state index contributed by atoms with van der Waals surface area (Å²) in [4.78, 5) is 14.1. The van der Waals surface area contributed by atoms with Crippen molar-refractivity contribution in [3.05, 3.63) is 64.7 Å². The summed E-state index contributed by atoms with van der Waals surface area (Å²) in [6.45, 7) is 0.916. The second kappa shape index (κ2) is 9.30. The van der Waals surface area contributed by atoms with E-state index in [1.54, 1.807) is 7.11 Å². The van der Waals surface area contributed by atoms with Crippen molar-refractivity contribution in [3.63, 3.8) is 0 Å². The molecule has 0 bridgehead atoms. The predicted octanol–water partition coefficient (Wildman–Crippen LogP) is 3.45. The van der Waals surface area contributed by atoms with Crippen LogP contribution in [0.15, 0.2) is 48.5 Å². The molecular formula is C19H24ClN3O2. The Hall–Kier alpha value is -2.24. The number of rotatable bonds is 7. The summed E-state index contributed by atoms with van der Waals surface area (Å²) >= 11 is 6.28. The predicted molar refractivity (Wildman–Crippen MR) is 101 cm³/mol. The average Bonchev–Trinajstić information content (AvgIpc) is 2.61. The monoisotopic (exact) mass is 361 g/mol. The second-order valence-corrected chi connectivity index (χ2v) is 6.32. The van der Waals surface area contributed by atoms with Crippen molar-refractivity contribution in [1.82, 2.24) is 15.5 Å². The van der Waals surface area contributed by atoms with Crippen molar-refractivity contribution in [2.45, 2.75) is 12.6 Å². The Morgan fingerprint density at radius 2 is 1.80 bits per heavy atom. The molecule has 0 unspecified atom stereocenters. The Morgan fingerprint density at radius 1 is 1.12 bits per heavy atom. The number of ether oxygens (including phenoxy) is 1. The van der Waals surface area contributed by atoms with Crippen LogP contribution in [0, 0.1) is 0 Å². The zero-order valence-corrected chi connectivity index (χ0v) is 15.5. The Balaban J connectivity index is 1.87. The van der Waals surface area contributed by atoms with Gasteiger partial charge in [0.15, 0.2) is 0 Å². The Kier molecular flexibility index (Phi) is 7.10. The molecule has 0 aliphatic carbocycles. The highest BCUT2D eigenvalue weighted by Crippen LogP contribution is 2.25. The Bertz CT molecular complexity index is 689. The Labute approximate surface area is 153 Å². The molecule has 0 heterocycles. The molecule has 2 amide bonds. The van der Waals surface area contributed by atoms with Gasteiger partial charge < -0.3 is 20.3 Å². The zero-order valence-electron chi connectivity index (χ0n) is 14.8. The lowest BCUT2D eigenvalue weighted by Gasteiger charge is -2.26. The molecule has 0 saturated carbocycles. The summed E-state index contributed by atoms with van der Waals surface area (Å²) in [7, 11) is 5.55. The zero-order chi connectivity index (χ0) is 18.2. The van der Waals surface area contributed by atoms with Gasteiger partial charge in [-0.2, -0.15) is 0 Å². The quantitative estimate of drug-likeness (QED) is 0.794. The molecule has 6 heteroatoms. The molecule has 2 aromatic rings. The number of benzene rings is 2. The highest BCUT2D eigenvalue weighted by atomic mass is 35.5. The fourth-order valence-corrected chi connectivity index (χ4v) is 2.76. The van der Waals surface area contributed by atoms with Gasteiger partial charge in [0.2, 0.25) is 0 Å². The highest BCUT2D eigenvalue weighted by molar-refractivity contribution is 6.31. The van der Waals surface area contributed by atoms with E-state index in [2.05, 4.69) is 10.6 Å². The van der Waals surface area contributed by atoms with Crippen LogP contribution in [-0.4, -0.2) is 38.7 Å². The first-order valence-corrected chi connectivity index (χ1v) is 8.44. The molecule has 2 aromatic carbocycles. The largest absolute Gasteiger partial charge is 0.497 e. The topological polar surface area (TPSA) is 53.6 Å². The highest BCUT2D eigenvalue weighted by Gasteiger charge is 2.17. The third-order valence-electron chi connectivity index (χ3n) is 3.96. The van der Waals surface area contributed by atoms with E-state index in [9.17, 15) is 4.79 Å². The van der Waals surface area contributed by atoms with Crippen LogP contribution in [0.5, 0.6) is 5.75 Å². The van der Waals surface area contributed by atoms with E-state index in [1.165, 1.54) is 0 Å². The molecule has 2 N–H and O–H groups in total. The standard InChI is InChI=1S/C19H24ClN3O2/c1-23(2)18(16-6-4-5-7-17(16)20)13-22-19(24)21-12-14-8-10-15(25-3)11-9-14/h4-11,18H,12-13H2,1-3H3,(H2,21,22,24)/t18-/m0/s1. The third kappa shape index (κ3) is 5.66. The van der Waals surface area contributed by atoms with Crippen LogP contribution in [0.25, 0.3) is 0 Å². The van der Waals surface area contributed by atoms with E-state index in [4.69, 9.17) is 16.3 Å².